The molecule has 0 fully saturated rings. The molecule has 1 rings (SSSR count). The topological polar surface area (TPSA) is 29.5 Å². The van der Waals surface area contributed by atoms with Crippen LogP contribution in [0.5, 0.6) is 0 Å². The summed E-state index contributed by atoms with van der Waals surface area (Å²) in [5, 5.41) is 0. The van der Waals surface area contributed by atoms with Crippen LogP contribution in [-0.2, 0) is 4.74 Å². The average Bonchev–Trinajstić information content (AvgIpc) is 2.55. The summed E-state index contributed by atoms with van der Waals surface area (Å²) in [6, 6.07) is 0. The zero-order chi connectivity index (χ0) is 9.90. The van der Waals surface area contributed by atoms with Crippen LogP contribution >= 0.6 is 0 Å². The first-order valence-corrected chi connectivity index (χ1v) is 4.68. The van der Waals surface area contributed by atoms with E-state index in [0.29, 0.717) is 13.1 Å². The average molecular weight is 183 g/mol. The molecular formula is C10H17NO2. The van der Waals surface area contributed by atoms with Crippen molar-refractivity contribution in [2.24, 2.45) is 0 Å². The molecule has 0 saturated heterocycles. The molecule has 13 heavy (non-hydrogen) atoms. The molecule has 0 bridgehead atoms. The van der Waals surface area contributed by atoms with E-state index in [-0.39, 0.29) is 11.7 Å². The molecule has 0 aliphatic carbocycles. The van der Waals surface area contributed by atoms with E-state index in [1.807, 2.05) is 32.9 Å². The molecule has 0 unspecified atom stereocenters. The second-order valence-electron chi connectivity index (χ2n) is 3.86. The molecule has 1 aliphatic rings. The SMILES string of the molecule is CCC(C)(C)OC(=O)N1CC=CC1. The van der Waals surface area contributed by atoms with Crippen LogP contribution in [0.1, 0.15) is 27.2 Å². The molecule has 3 nitrogen and oxygen atoms in total. The number of nitrogens with zero attached hydrogens (tertiary/aromatic N) is 1. The van der Waals surface area contributed by atoms with Crippen molar-refractivity contribution in [3.05, 3.63) is 12.2 Å². The van der Waals surface area contributed by atoms with Crippen molar-refractivity contribution < 1.29 is 9.53 Å². The van der Waals surface area contributed by atoms with E-state index in [0.717, 1.165) is 6.42 Å². The Balaban J connectivity index is 2.41. The van der Waals surface area contributed by atoms with Gasteiger partial charge in [0.2, 0.25) is 0 Å². The largest absolute Gasteiger partial charge is 0.443 e. The van der Waals surface area contributed by atoms with E-state index < -0.39 is 0 Å². The third-order valence-electron chi connectivity index (χ3n) is 2.29. The minimum absolute atomic E-state index is 0.211. The van der Waals surface area contributed by atoms with Crippen LogP contribution in [0.25, 0.3) is 0 Å². The summed E-state index contributed by atoms with van der Waals surface area (Å²) >= 11 is 0. The third kappa shape index (κ3) is 2.76. The molecule has 0 atom stereocenters. The number of ether oxygens (including phenoxy) is 1. The Morgan fingerprint density at radius 3 is 2.46 bits per heavy atom. The quantitative estimate of drug-likeness (QED) is 0.614. The van der Waals surface area contributed by atoms with Crippen LogP contribution in [0.3, 0.4) is 0 Å². The van der Waals surface area contributed by atoms with Crippen LogP contribution in [0.15, 0.2) is 12.2 Å². The van der Waals surface area contributed by atoms with E-state index in [9.17, 15) is 4.79 Å². The molecule has 0 saturated carbocycles. The highest BCUT2D eigenvalue weighted by Crippen LogP contribution is 2.16. The predicted octanol–water partition coefficient (Wildman–Crippen LogP) is 2.18. The summed E-state index contributed by atoms with van der Waals surface area (Å²) in [6.07, 6.45) is 4.57. The highest BCUT2D eigenvalue weighted by Gasteiger charge is 2.24. The molecule has 0 aromatic carbocycles. The molecule has 0 radical (unpaired) electrons. The lowest BCUT2D eigenvalue weighted by Gasteiger charge is -2.26. The van der Waals surface area contributed by atoms with Gasteiger partial charge in [-0.2, -0.15) is 0 Å². The molecule has 0 spiro atoms. The third-order valence-corrected chi connectivity index (χ3v) is 2.29. The van der Waals surface area contributed by atoms with E-state index in [4.69, 9.17) is 4.74 Å². The number of amides is 1. The molecule has 0 N–H and O–H groups in total. The van der Waals surface area contributed by atoms with Gasteiger partial charge in [0, 0.05) is 13.1 Å². The Kier molecular flexibility index (Phi) is 2.96. The van der Waals surface area contributed by atoms with Gasteiger partial charge in [0.25, 0.3) is 0 Å². The maximum absolute atomic E-state index is 11.5. The van der Waals surface area contributed by atoms with Crippen molar-refractivity contribution >= 4 is 6.09 Å². The van der Waals surface area contributed by atoms with Gasteiger partial charge < -0.3 is 9.64 Å². The number of carbonyl (C=O) groups excluding carboxylic acids is 1. The lowest BCUT2D eigenvalue weighted by atomic mass is 10.1. The lowest BCUT2D eigenvalue weighted by Crippen LogP contribution is -2.36. The van der Waals surface area contributed by atoms with Gasteiger partial charge in [-0.1, -0.05) is 19.1 Å². The lowest BCUT2D eigenvalue weighted by molar-refractivity contribution is 0.0162. The minimum Gasteiger partial charge on any atom is -0.443 e. The zero-order valence-electron chi connectivity index (χ0n) is 8.54. The first-order valence-electron chi connectivity index (χ1n) is 4.68. The fourth-order valence-electron chi connectivity index (χ4n) is 1.00. The fraction of sp³-hybridized carbons (Fsp3) is 0.700. The summed E-state index contributed by atoms with van der Waals surface area (Å²) in [6.45, 7) is 7.22. The van der Waals surface area contributed by atoms with Crippen LogP contribution in [0, 0.1) is 0 Å². The van der Waals surface area contributed by atoms with Crippen molar-refractivity contribution in [1.82, 2.24) is 4.90 Å². The van der Waals surface area contributed by atoms with Gasteiger partial charge in [0.15, 0.2) is 0 Å². The fourth-order valence-corrected chi connectivity index (χ4v) is 1.00. The van der Waals surface area contributed by atoms with Gasteiger partial charge in [-0.25, -0.2) is 4.79 Å². The van der Waals surface area contributed by atoms with Gasteiger partial charge in [-0.15, -0.1) is 0 Å². The van der Waals surface area contributed by atoms with Gasteiger partial charge in [0.1, 0.15) is 5.60 Å². The smallest absolute Gasteiger partial charge is 0.410 e. The van der Waals surface area contributed by atoms with Gasteiger partial charge in [-0.3, -0.25) is 0 Å². The number of hydrogen-bond acceptors (Lipinski definition) is 2. The van der Waals surface area contributed by atoms with Gasteiger partial charge >= 0.3 is 6.09 Å². The summed E-state index contributed by atoms with van der Waals surface area (Å²) < 4.78 is 5.32. The summed E-state index contributed by atoms with van der Waals surface area (Å²) in [5.41, 5.74) is -0.348. The Morgan fingerprint density at radius 1 is 1.46 bits per heavy atom. The van der Waals surface area contributed by atoms with E-state index >= 15 is 0 Å². The highest BCUT2D eigenvalue weighted by molar-refractivity contribution is 5.69. The Labute approximate surface area is 79.4 Å². The number of carbonyl (C=O) groups is 1. The van der Waals surface area contributed by atoms with Crippen molar-refractivity contribution in [3.63, 3.8) is 0 Å². The standard InChI is InChI=1S/C10H17NO2/c1-4-10(2,3)13-9(12)11-7-5-6-8-11/h5-6H,4,7-8H2,1-3H3. The first-order chi connectivity index (χ1) is 6.05. The van der Waals surface area contributed by atoms with Crippen molar-refractivity contribution in [1.29, 1.82) is 0 Å². The van der Waals surface area contributed by atoms with E-state index in [1.165, 1.54) is 0 Å². The summed E-state index contributed by atoms with van der Waals surface area (Å²) in [5.74, 6) is 0. The van der Waals surface area contributed by atoms with Crippen molar-refractivity contribution in [2.45, 2.75) is 32.8 Å². The summed E-state index contributed by atoms with van der Waals surface area (Å²) in [4.78, 5) is 13.2. The second-order valence-corrected chi connectivity index (χ2v) is 3.86. The molecule has 1 heterocycles. The van der Waals surface area contributed by atoms with Crippen LogP contribution < -0.4 is 0 Å². The van der Waals surface area contributed by atoms with Gasteiger partial charge in [0.05, 0.1) is 0 Å². The Morgan fingerprint density at radius 2 is 2.00 bits per heavy atom. The van der Waals surface area contributed by atoms with E-state index in [1.54, 1.807) is 4.90 Å². The van der Waals surface area contributed by atoms with Crippen LogP contribution in [-0.4, -0.2) is 29.7 Å². The van der Waals surface area contributed by atoms with E-state index in [2.05, 4.69) is 0 Å². The highest BCUT2D eigenvalue weighted by atomic mass is 16.6. The molecule has 3 heteroatoms. The zero-order valence-corrected chi connectivity index (χ0v) is 8.54. The summed E-state index contributed by atoms with van der Waals surface area (Å²) in [7, 11) is 0. The number of hydrogen-bond donors (Lipinski definition) is 0. The second kappa shape index (κ2) is 3.81. The monoisotopic (exact) mass is 183 g/mol. The molecule has 1 aliphatic heterocycles. The van der Waals surface area contributed by atoms with Crippen molar-refractivity contribution in [2.75, 3.05) is 13.1 Å². The maximum atomic E-state index is 11.5. The minimum atomic E-state index is -0.348. The predicted molar refractivity (Wildman–Crippen MR) is 51.6 cm³/mol. The molecular weight excluding hydrogens is 166 g/mol. The molecule has 0 aromatic heterocycles. The molecule has 0 aromatic rings. The van der Waals surface area contributed by atoms with Crippen LogP contribution in [0.2, 0.25) is 0 Å². The Hall–Kier alpha value is -0.990. The normalized spacial score (nSPS) is 16.4. The Bertz CT molecular complexity index is 213. The maximum Gasteiger partial charge on any atom is 0.410 e. The van der Waals surface area contributed by atoms with Crippen LogP contribution in [0.4, 0.5) is 4.79 Å². The van der Waals surface area contributed by atoms with Crippen molar-refractivity contribution in [3.8, 4) is 0 Å². The first kappa shape index (κ1) is 10.1. The molecule has 74 valence electrons. The molecule has 1 amide bonds. The van der Waals surface area contributed by atoms with Gasteiger partial charge in [-0.05, 0) is 20.3 Å². The number of rotatable bonds is 2.